The van der Waals surface area contributed by atoms with Crippen molar-refractivity contribution in [2.45, 2.75) is 18.9 Å². The Morgan fingerprint density at radius 1 is 1.08 bits per heavy atom. The van der Waals surface area contributed by atoms with Gasteiger partial charge in [-0.05, 0) is 35.4 Å². The second-order valence-corrected chi connectivity index (χ2v) is 6.20. The van der Waals surface area contributed by atoms with E-state index in [9.17, 15) is 18.4 Å². The number of hydrogen-bond donors (Lipinski definition) is 2. The summed E-state index contributed by atoms with van der Waals surface area (Å²) in [6.45, 7) is 0. The molecule has 0 unspecified atom stereocenters. The third kappa shape index (κ3) is 5.13. The fourth-order valence-electron chi connectivity index (χ4n) is 2.20. The Kier molecular flexibility index (Phi) is 6.03. The van der Waals surface area contributed by atoms with Crippen LogP contribution in [0, 0.1) is 11.6 Å². The summed E-state index contributed by atoms with van der Waals surface area (Å²) in [6, 6.07) is 9.58. The molecule has 126 valence electrons. The molecule has 0 aliphatic heterocycles. The average Bonchev–Trinajstić information content (AvgIpc) is 2.50. The molecule has 0 bridgehead atoms. The standard InChI is InChI=1S/C17H15BrF2N2O2/c18-12-3-1-2-10(6-12)8-15(17(21)24)22-16(23)9-11-4-5-13(19)14(20)7-11/h1-7,15H,8-9H2,(H2,21,24)(H,22,23)/t15-/m0/s1. The van der Waals surface area contributed by atoms with E-state index in [1.54, 1.807) is 6.07 Å². The Morgan fingerprint density at radius 2 is 1.83 bits per heavy atom. The van der Waals surface area contributed by atoms with Crippen molar-refractivity contribution in [3.05, 3.63) is 69.7 Å². The predicted octanol–water partition coefficient (Wildman–Crippen LogP) is 2.48. The molecule has 4 nitrogen and oxygen atoms in total. The monoisotopic (exact) mass is 396 g/mol. The van der Waals surface area contributed by atoms with E-state index in [0.29, 0.717) is 5.56 Å². The number of benzene rings is 2. The minimum atomic E-state index is -1.03. The number of primary amides is 1. The number of hydrogen-bond acceptors (Lipinski definition) is 2. The molecule has 1 atom stereocenters. The van der Waals surface area contributed by atoms with Gasteiger partial charge >= 0.3 is 0 Å². The Morgan fingerprint density at radius 3 is 2.46 bits per heavy atom. The summed E-state index contributed by atoms with van der Waals surface area (Å²) in [5, 5.41) is 2.52. The van der Waals surface area contributed by atoms with Crippen LogP contribution in [-0.4, -0.2) is 17.9 Å². The van der Waals surface area contributed by atoms with Crippen LogP contribution in [0.2, 0.25) is 0 Å². The summed E-state index contributed by atoms with van der Waals surface area (Å²) in [5.41, 5.74) is 6.46. The molecule has 0 saturated heterocycles. The van der Waals surface area contributed by atoms with Gasteiger partial charge in [-0.1, -0.05) is 34.1 Å². The molecule has 24 heavy (non-hydrogen) atoms. The Labute approximate surface area is 146 Å². The minimum absolute atomic E-state index is 0.181. The first-order chi connectivity index (χ1) is 11.3. The first-order valence-corrected chi connectivity index (χ1v) is 7.91. The van der Waals surface area contributed by atoms with Crippen molar-refractivity contribution < 1.29 is 18.4 Å². The minimum Gasteiger partial charge on any atom is -0.368 e. The highest BCUT2D eigenvalue weighted by Crippen LogP contribution is 2.13. The maximum atomic E-state index is 13.2. The highest BCUT2D eigenvalue weighted by atomic mass is 79.9. The number of carbonyl (C=O) groups excluding carboxylic acids is 2. The fourth-order valence-corrected chi connectivity index (χ4v) is 2.65. The highest BCUT2D eigenvalue weighted by molar-refractivity contribution is 9.10. The molecule has 0 aliphatic carbocycles. The highest BCUT2D eigenvalue weighted by Gasteiger charge is 2.19. The number of halogens is 3. The van der Waals surface area contributed by atoms with Gasteiger partial charge in [-0.15, -0.1) is 0 Å². The molecular weight excluding hydrogens is 382 g/mol. The molecule has 0 aromatic heterocycles. The number of rotatable bonds is 6. The van der Waals surface area contributed by atoms with Gasteiger partial charge in [-0.25, -0.2) is 8.78 Å². The van der Waals surface area contributed by atoms with E-state index in [-0.39, 0.29) is 12.8 Å². The van der Waals surface area contributed by atoms with Crippen molar-refractivity contribution in [1.29, 1.82) is 0 Å². The summed E-state index contributed by atoms with van der Waals surface area (Å²) in [4.78, 5) is 23.6. The number of nitrogens with one attached hydrogen (secondary N) is 1. The van der Waals surface area contributed by atoms with Crippen LogP contribution in [-0.2, 0) is 22.4 Å². The quantitative estimate of drug-likeness (QED) is 0.786. The lowest BCUT2D eigenvalue weighted by Gasteiger charge is -2.16. The second-order valence-electron chi connectivity index (χ2n) is 5.28. The van der Waals surface area contributed by atoms with E-state index in [2.05, 4.69) is 21.2 Å². The van der Waals surface area contributed by atoms with E-state index in [4.69, 9.17) is 5.73 Å². The summed E-state index contributed by atoms with van der Waals surface area (Å²) < 4.78 is 26.9. The van der Waals surface area contributed by atoms with Gasteiger partial charge in [-0.2, -0.15) is 0 Å². The van der Waals surface area contributed by atoms with E-state index in [1.165, 1.54) is 6.07 Å². The molecule has 0 radical (unpaired) electrons. The summed E-state index contributed by atoms with van der Waals surface area (Å²) in [5.74, 6) is -3.18. The fraction of sp³-hybridized carbons (Fsp3) is 0.176. The molecule has 0 aliphatic rings. The Balaban J connectivity index is 2.02. The van der Waals surface area contributed by atoms with E-state index < -0.39 is 29.5 Å². The number of nitrogens with two attached hydrogens (primary N) is 1. The van der Waals surface area contributed by atoms with Crippen molar-refractivity contribution in [2.75, 3.05) is 0 Å². The number of amides is 2. The van der Waals surface area contributed by atoms with E-state index in [1.807, 2.05) is 18.2 Å². The molecule has 0 heterocycles. The largest absolute Gasteiger partial charge is 0.368 e. The maximum Gasteiger partial charge on any atom is 0.240 e. The van der Waals surface area contributed by atoms with Gasteiger partial charge in [0.25, 0.3) is 0 Å². The van der Waals surface area contributed by atoms with Gasteiger partial charge in [0.15, 0.2) is 11.6 Å². The molecule has 3 N–H and O–H groups in total. The molecule has 2 rings (SSSR count). The molecule has 2 aromatic rings. The SMILES string of the molecule is NC(=O)[C@H](Cc1cccc(Br)c1)NC(=O)Cc1ccc(F)c(F)c1. The number of carbonyl (C=O) groups is 2. The Hall–Kier alpha value is -2.28. The molecule has 2 aromatic carbocycles. The van der Waals surface area contributed by atoms with Crippen molar-refractivity contribution >= 4 is 27.7 Å². The van der Waals surface area contributed by atoms with E-state index >= 15 is 0 Å². The van der Waals surface area contributed by atoms with Crippen LogP contribution in [0.25, 0.3) is 0 Å². The Bertz CT molecular complexity index is 768. The van der Waals surface area contributed by atoms with Gasteiger partial charge in [0, 0.05) is 10.9 Å². The normalized spacial score (nSPS) is 11.8. The van der Waals surface area contributed by atoms with Gasteiger partial charge < -0.3 is 11.1 Å². The maximum absolute atomic E-state index is 13.2. The van der Waals surface area contributed by atoms with Gasteiger partial charge in [0.1, 0.15) is 6.04 Å². The zero-order valence-corrected chi connectivity index (χ0v) is 14.1. The van der Waals surface area contributed by atoms with Crippen molar-refractivity contribution in [2.24, 2.45) is 5.73 Å². The third-order valence-corrected chi connectivity index (χ3v) is 3.85. The van der Waals surface area contributed by atoms with Crippen LogP contribution in [0.5, 0.6) is 0 Å². The average molecular weight is 397 g/mol. The zero-order chi connectivity index (χ0) is 17.7. The molecular formula is C17H15BrF2N2O2. The summed E-state index contributed by atoms with van der Waals surface area (Å²) >= 11 is 3.33. The predicted molar refractivity (Wildman–Crippen MR) is 89.0 cm³/mol. The van der Waals surface area contributed by atoms with Crippen LogP contribution in [0.3, 0.4) is 0 Å². The van der Waals surface area contributed by atoms with Gasteiger partial charge in [0.2, 0.25) is 11.8 Å². The van der Waals surface area contributed by atoms with Crippen LogP contribution in [0.1, 0.15) is 11.1 Å². The van der Waals surface area contributed by atoms with Crippen LogP contribution in [0.4, 0.5) is 8.78 Å². The molecule has 2 amide bonds. The molecule has 0 spiro atoms. The second kappa shape index (κ2) is 8.01. The van der Waals surface area contributed by atoms with Crippen molar-refractivity contribution in [1.82, 2.24) is 5.32 Å². The lowest BCUT2D eigenvalue weighted by atomic mass is 10.0. The van der Waals surface area contributed by atoms with Crippen molar-refractivity contribution in [3.63, 3.8) is 0 Å². The zero-order valence-electron chi connectivity index (χ0n) is 12.6. The van der Waals surface area contributed by atoms with Crippen molar-refractivity contribution in [3.8, 4) is 0 Å². The lowest BCUT2D eigenvalue weighted by Crippen LogP contribution is -2.46. The molecule has 0 fully saturated rings. The first kappa shape index (κ1) is 18.1. The third-order valence-electron chi connectivity index (χ3n) is 3.36. The topological polar surface area (TPSA) is 72.2 Å². The van der Waals surface area contributed by atoms with Crippen LogP contribution < -0.4 is 11.1 Å². The summed E-state index contributed by atoms with van der Waals surface area (Å²) in [7, 11) is 0. The lowest BCUT2D eigenvalue weighted by molar-refractivity contribution is -0.127. The summed E-state index contributed by atoms with van der Waals surface area (Å²) in [6.07, 6.45) is 0.0533. The van der Waals surface area contributed by atoms with E-state index in [0.717, 1.165) is 22.2 Å². The molecule has 7 heteroatoms. The smallest absolute Gasteiger partial charge is 0.240 e. The van der Waals surface area contributed by atoms with Gasteiger partial charge in [-0.3, -0.25) is 9.59 Å². The first-order valence-electron chi connectivity index (χ1n) is 7.12. The van der Waals surface area contributed by atoms with Crippen LogP contribution in [0.15, 0.2) is 46.9 Å². The molecule has 0 saturated carbocycles. The van der Waals surface area contributed by atoms with Crippen LogP contribution >= 0.6 is 15.9 Å². The van der Waals surface area contributed by atoms with Gasteiger partial charge in [0.05, 0.1) is 6.42 Å².